The first-order valence-corrected chi connectivity index (χ1v) is 7.74. The van der Waals surface area contributed by atoms with Crippen molar-refractivity contribution in [3.05, 3.63) is 34.9 Å². The first kappa shape index (κ1) is 16.8. The van der Waals surface area contributed by atoms with Gasteiger partial charge in [-0.3, -0.25) is 0 Å². The zero-order valence-corrected chi connectivity index (χ0v) is 13.8. The maximum absolute atomic E-state index is 12.3. The molecule has 5 nitrogen and oxygen atoms in total. The van der Waals surface area contributed by atoms with E-state index in [1.807, 2.05) is 45.9 Å². The van der Waals surface area contributed by atoms with Crippen LogP contribution in [0.2, 0.25) is 0 Å². The number of aliphatic hydroxyl groups is 1. The Morgan fingerprint density at radius 1 is 1.50 bits per heavy atom. The summed E-state index contributed by atoms with van der Waals surface area (Å²) >= 11 is 0. The molecule has 1 aliphatic rings. The predicted molar refractivity (Wildman–Crippen MR) is 85.5 cm³/mol. The summed E-state index contributed by atoms with van der Waals surface area (Å²) in [5, 5.41) is 10.1. The van der Waals surface area contributed by atoms with Crippen LogP contribution >= 0.6 is 0 Å². The largest absolute Gasteiger partial charge is 0.444 e. The number of fused-ring (bicyclic) bond motifs is 1. The molecule has 0 aromatic heterocycles. The minimum atomic E-state index is -0.657. The lowest BCUT2D eigenvalue weighted by molar-refractivity contribution is 0.0158. The maximum atomic E-state index is 12.3. The number of carbonyl (C=O) groups is 1. The van der Waals surface area contributed by atoms with Gasteiger partial charge in [0.2, 0.25) is 0 Å². The fourth-order valence-electron chi connectivity index (χ4n) is 2.91. The minimum absolute atomic E-state index is 0.0801. The highest BCUT2D eigenvalue weighted by atomic mass is 16.6. The third kappa shape index (κ3) is 3.42. The topological polar surface area (TPSA) is 75.8 Å². The molecule has 1 aliphatic heterocycles. The van der Waals surface area contributed by atoms with Crippen molar-refractivity contribution in [2.24, 2.45) is 5.73 Å². The molecule has 0 radical (unpaired) electrons. The fourth-order valence-corrected chi connectivity index (χ4v) is 2.91. The number of rotatable bonds is 2. The molecule has 0 fully saturated rings. The number of hydrogen-bond acceptors (Lipinski definition) is 4. The molecule has 2 rings (SSSR count). The van der Waals surface area contributed by atoms with Gasteiger partial charge in [-0.05, 0) is 50.8 Å². The molecule has 0 saturated heterocycles. The van der Waals surface area contributed by atoms with Gasteiger partial charge in [-0.25, -0.2) is 4.79 Å². The van der Waals surface area contributed by atoms with E-state index < -0.39 is 11.7 Å². The molecule has 0 saturated carbocycles. The second-order valence-electron chi connectivity index (χ2n) is 6.77. The third-order valence-corrected chi connectivity index (χ3v) is 3.98. The zero-order chi connectivity index (χ0) is 16.5. The Morgan fingerprint density at radius 2 is 2.18 bits per heavy atom. The number of nitrogens with zero attached hydrogens (tertiary/aromatic N) is 1. The van der Waals surface area contributed by atoms with E-state index in [2.05, 4.69) is 0 Å². The van der Waals surface area contributed by atoms with Gasteiger partial charge in [-0.2, -0.15) is 0 Å². The summed E-state index contributed by atoms with van der Waals surface area (Å²) in [6, 6.07) is 5.74. The zero-order valence-electron chi connectivity index (χ0n) is 13.8. The highest BCUT2D eigenvalue weighted by Crippen LogP contribution is 2.34. The van der Waals surface area contributed by atoms with E-state index in [1.165, 1.54) is 0 Å². The Labute approximate surface area is 132 Å². The summed E-state index contributed by atoms with van der Waals surface area (Å²) in [5.41, 5.74) is 8.11. The molecular formula is C17H26N2O3. The Morgan fingerprint density at radius 3 is 2.77 bits per heavy atom. The number of benzene rings is 1. The van der Waals surface area contributed by atoms with Gasteiger partial charge in [-0.15, -0.1) is 0 Å². The number of carbonyl (C=O) groups excluding carboxylic acids is 1. The Hall–Kier alpha value is -1.59. The Balaban J connectivity index is 2.27. The lowest BCUT2D eigenvalue weighted by Crippen LogP contribution is -2.42. The monoisotopic (exact) mass is 306 g/mol. The summed E-state index contributed by atoms with van der Waals surface area (Å²) < 4.78 is 5.48. The second kappa shape index (κ2) is 6.26. The van der Waals surface area contributed by atoms with Crippen molar-refractivity contribution in [2.45, 2.75) is 51.9 Å². The molecule has 3 N–H and O–H groups in total. The molecule has 0 bridgehead atoms. The van der Waals surface area contributed by atoms with Crippen molar-refractivity contribution in [1.82, 2.24) is 4.90 Å². The van der Waals surface area contributed by atoms with Gasteiger partial charge in [-0.1, -0.05) is 18.2 Å². The molecule has 1 heterocycles. The molecule has 0 spiro atoms. The van der Waals surface area contributed by atoms with Gasteiger partial charge in [0.15, 0.2) is 0 Å². The van der Waals surface area contributed by atoms with Crippen LogP contribution in [0, 0.1) is 0 Å². The van der Waals surface area contributed by atoms with E-state index in [0.717, 1.165) is 16.7 Å². The van der Waals surface area contributed by atoms with E-state index in [-0.39, 0.29) is 18.7 Å². The summed E-state index contributed by atoms with van der Waals surface area (Å²) in [6.45, 7) is 8.36. The molecule has 1 amide bonds. The Bertz CT molecular complexity index is 551. The van der Waals surface area contributed by atoms with Crippen LogP contribution < -0.4 is 5.73 Å². The molecule has 0 aliphatic carbocycles. The van der Waals surface area contributed by atoms with Crippen molar-refractivity contribution in [3.8, 4) is 0 Å². The molecule has 5 heteroatoms. The van der Waals surface area contributed by atoms with Crippen LogP contribution in [0.4, 0.5) is 4.79 Å². The SMILES string of the molecule is C[C@H]1c2cccc(C(O)CN)c2CCN1C(=O)OC(C)(C)C. The average Bonchev–Trinajstić information content (AvgIpc) is 2.44. The smallest absolute Gasteiger partial charge is 0.410 e. The number of ether oxygens (including phenoxy) is 1. The highest BCUT2D eigenvalue weighted by molar-refractivity contribution is 5.69. The van der Waals surface area contributed by atoms with Crippen LogP contribution in [0.1, 0.15) is 56.5 Å². The predicted octanol–water partition coefficient (Wildman–Crippen LogP) is 2.53. The summed E-state index contributed by atoms with van der Waals surface area (Å²) in [5.74, 6) is 0. The van der Waals surface area contributed by atoms with E-state index in [4.69, 9.17) is 10.5 Å². The second-order valence-corrected chi connectivity index (χ2v) is 6.77. The van der Waals surface area contributed by atoms with E-state index >= 15 is 0 Å². The number of amides is 1. The molecule has 2 atom stereocenters. The van der Waals surface area contributed by atoms with E-state index in [0.29, 0.717) is 13.0 Å². The van der Waals surface area contributed by atoms with Gasteiger partial charge in [0.1, 0.15) is 5.60 Å². The van der Waals surface area contributed by atoms with Crippen LogP contribution in [-0.4, -0.2) is 34.8 Å². The standard InChI is InChI=1S/C17H26N2O3/c1-11-12-6-5-7-14(15(20)10-18)13(12)8-9-19(11)16(21)22-17(2,3)4/h5-7,11,15,20H,8-10,18H2,1-4H3/t11-,15?/m0/s1. The van der Waals surface area contributed by atoms with Crippen LogP contribution in [0.15, 0.2) is 18.2 Å². The lowest BCUT2D eigenvalue weighted by atomic mass is 9.88. The number of nitrogens with two attached hydrogens (primary N) is 1. The van der Waals surface area contributed by atoms with Crippen molar-refractivity contribution >= 4 is 6.09 Å². The number of hydrogen-bond donors (Lipinski definition) is 2. The van der Waals surface area contributed by atoms with E-state index in [9.17, 15) is 9.90 Å². The van der Waals surface area contributed by atoms with Gasteiger partial charge in [0, 0.05) is 13.1 Å². The van der Waals surface area contributed by atoms with Gasteiger partial charge >= 0.3 is 6.09 Å². The summed E-state index contributed by atoms with van der Waals surface area (Å²) in [4.78, 5) is 14.1. The summed E-state index contributed by atoms with van der Waals surface area (Å²) in [7, 11) is 0. The van der Waals surface area contributed by atoms with Crippen molar-refractivity contribution in [3.63, 3.8) is 0 Å². The Kier molecular flexibility index (Phi) is 4.78. The van der Waals surface area contributed by atoms with Crippen molar-refractivity contribution in [2.75, 3.05) is 13.1 Å². The lowest BCUT2D eigenvalue weighted by Gasteiger charge is -2.37. The van der Waals surface area contributed by atoms with Gasteiger partial charge in [0.25, 0.3) is 0 Å². The van der Waals surface area contributed by atoms with E-state index in [1.54, 1.807) is 4.90 Å². The van der Waals surface area contributed by atoms with Crippen LogP contribution in [0.3, 0.4) is 0 Å². The van der Waals surface area contributed by atoms with Gasteiger partial charge < -0.3 is 20.5 Å². The summed E-state index contributed by atoms with van der Waals surface area (Å²) in [6.07, 6.45) is -0.253. The molecule has 1 aromatic rings. The quantitative estimate of drug-likeness (QED) is 0.880. The molecule has 1 aromatic carbocycles. The highest BCUT2D eigenvalue weighted by Gasteiger charge is 2.32. The minimum Gasteiger partial charge on any atom is -0.444 e. The first-order chi connectivity index (χ1) is 10.2. The van der Waals surface area contributed by atoms with Crippen LogP contribution in [0.25, 0.3) is 0 Å². The third-order valence-electron chi connectivity index (χ3n) is 3.98. The van der Waals surface area contributed by atoms with Crippen molar-refractivity contribution in [1.29, 1.82) is 0 Å². The maximum Gasteiger partial charge on any atom is 0.410 e. The molecule has 122 valence electrons. The average molecular weight is 306 g/mol. The van der Waals surface area contributed by atoms with Gasteiger partial charge in [0.05, 0.1) is 12.1 Å². The normalized spacial score (nSPS) is 19.5. The van der Waals surface area contributed by atoms with Crippen LogP contribution in [0.5, 0.6) is 0 Å². The number of aliphatic hydroxyl groups excluding tert-OH is 1. The van der Waals surface area contributed by atoms with Crippen molar-refractivity contribution < 1.29 is 14.6 Å². The molecule has 1 unspecified atom stereocenters. The first-order valence-electron chi connectivity index (χ1n) is 7.74. The fraction of sp³-hybridized carbons (Fsp3) is 0.588. The van der Waals surface area contributed by atoms with Crippen LogP contribution in [-0.2, 0) is 11.2 Å². The molecule has 22 heavy (non-hydrogen) atoms. The molecular weight excluding hydrogens is 280 g/mol.